The molecule has 0 aromatic rings. The fourth-order valence-corrected chi connectivity index (χ4v) is 2.66. The van der Waals surface area contributed by atoms with Gasteiger partial charge in [-0.05, 0) is 38.5 Å². The van der Waals surface area contributed by atoms with Crippen LogP contribution < -0.4 is 5.32 Å². The van der Waals surface area contributed by atoms with Crippen LogP contribution in [0.2, 0.25) is 0 Å². The molecule has 1 aliphatic rings. The van der Waals surface area contributed by atoms with E-state index in [0.717, 1.165) is 32.1 Å². The summed E-state index contributed by atoms with van der Waals surface area (Å²) in [5.41, 5.74) is -0.495. The molecule has 1 saturated carbocycles. The third-order valence-corrected chi connectivity index (χ3v) is 3.64. The molecule has 0 aromatic heterocycles. The summed E-state index contributed by atoms with van der Waals surface area (Å²) in [5, 5.41) is 22.5. The summed E-state index contributed by atoms with van der Waals surface area (Å²) >= 11 is 0. The summed E-state index contributed by atoms with van der Waals surface area (Å²) in [6, 6.07) is 0.383. The van der Waals surface area contributed by atoms with Crippen molar-refractivity contribution >= 4 is 0 Å². The Bertz CT molecular complexity index is 198. The number of nitrogens with one attached hydrogen (secondary N) is 1. The van der Waals surface area contributed by atoms with Gasteiger partial charge in [-0.15, -0.1) is 0 Å². The summed E-state index contributed by atoms with van der Waals surface area (Å²) in [4.78, 5) is 0. The molecule has 0 aromatic carbocycles. The minimum absolute atomic E-state index is 0.257. The molecule has 3 heteroatoms. The van der Waals surface area contributed by atoms with E-state index in [-0.39, 0.29) is 6.61 Å². The van der Waals surface area contributed by atoms with Crippen molar-refractivity contribution in [1.29, 1.82) is 0 Å². The number of aliphatic hydroxyl groups excluding tert-OH is 1. The molecule has 16 heavy (non-hydrogen) atoms. The molecule has 3 nitrogen and oxygen atoms in total. The molecule has 0 radical (unpaired) electrons. The Kier molecular flexibility index (Phi) is 5.73. The smallest absolute Gasteiger partial charge is 0.0774 e. The number of hydrogen-bond acceptors (Lipinski definition) is 3. The van der Waals surface area contributed by atoms with Crippen LogP contribution in [0.3, 0.4) is 0 Å². The summed E-state index contributed by atoms with van der Waals surface area (Å²) < 4.78 is 0. The monoisotopic (exact) mass is 229 g/mol. The second-order valence-electron chi connectivity index (χ2n) is 5.57. The van der Waals surface area contributed by atoms with Gasteiger partial charge in [0.15, 0.2) is 0 Å². The first-order chi connectivity index (χ1) is 7.56. The zero-order valence-corrected chi connectivity index (χ0v) is 10.7. The Labute approximate surface area is 99.3 Å². The van der Waals surface area contributed by atoms with Gasteiger partial charge in [0.05, 0.1) is 5.60 Å². The molecule has 0 amide bonds. The van der Waals surface area contributed by atoms with Crippen LogP contribution in [0, 0.1) is 5.92 Å². The van der Waals surface area contributed by atoms with Gasteiger partial charge in [0.1, 0.15) is 0 Å². The Morgan fingerprint density at radius 1 is 1.50 bits per heavy atom. The highest BCUT2D eigenvalue weighted by molar-refractivity contribution is 4.87. The van der Waals surface area contributed by atoms with Crippen LogP contribution >= 0.6 is 0 Å². The summed E-state index contributed by atoms with van der Waals surface area (Å²) in [6.07, 6.45) is 6.06. The molecule has 0 saturated heterocycles. The average Bonchev–Trinajstić information content (AvgIpc) is 2.23. The fraction of sp³-hybridized carbons (Fsp3) is 1.00. The second kappa shape index (κ2) is 6.58. The van der Waals surface area contributed by atoms with Gasteiger partial charge in [-0.25, -0.2) is 0 Å². The third kappa shape index (κ3) is 4.81. The summed E-state index contributed by atoms with van der Waals surface area (Å²) in [7, 11) is 0. The van der Waals surface area contributed by atoms with Crippen LogP contribution in [0.25, 0.3) is 0 Å². The maximum atomic E-state index is 10.4. The van der Waals surface area contributed by atoms with E-state index in [2.05, 4.69) is 19.2 Å². The molecule has 3 unspecified atom stereocenters. The van der Waals surface area contributed by atoms with Crippen molar-refractivity contribution < 1.29 is 10.2 Å². The highest BCUT2D eigenvalue weighted by Crippen LogP contribution is 2.31. The molecular formula is C13H27NO2. The van der Waals surface area contributed by atoms with Gasteiger partial charge in [0.2, 0.25) is 0 Å². The van der Waals surface area contributed by atoms with E-state index in [4.69, 9.17) is 5.11 Å². The normalized spacial score (nSPS) is 32.6. The van der Waals surface area contributed by atoms with Gasteiger partial charge >= 0.3 is 0 Å². The van der Waals surface area contributed by atoms with Crippen molar-refractivity contribution in [2.45, 2.75) is 64.0 Å². The number of aliphatic hydroxyl groups is 2. The maximum absolute atomic E-state index is 10.4. The maximum Gasteiger partial charge on any atom is 0.0774 e. The van der Waals surface area contributed by atoms with Crippen LogP contribution in [-0.4, -0.2) is 35.0 Å². The van der Waals surface area contributed by atoms with E-state index >= 15 is 0 Å². The lowest BCUT2D eigenvalue weighted by molar-refractivity contribution is -0.0136. The standard InChI is InChI=1S/C13H27NO2/c1-11-5-3-7-13(16,9-11)10-14-12(2)6-4-8-15/h11-12,14-16H,3-10H2,1-2H3. The Morgan fingerprint density at radius 2 is 2.25 bits per heavy atom. The minimum atomic E-state index is -0.495. The highest BCUT2D eigenvalue weighted by Gasteiger charge is 2.32. The first kappa shape index (κ1) is 13.9. The molecule has 3 atom stereocenters. The van der Waals surface area contributed by atoms with Crippen molar-refractivity contribution in [3.8, 4) is 0 Å². The zero-order valence-electron chi connectivity index (χ0n) is 10.7. The molecule has 3 N–H and O–H groups in total. The molecule has 0 aliphatic heterocycles. The van der Waals surface area contributed by atoms with Crippen molar-refractivity contribution in [3.63, 3.8) is 0 Å². The molecule has 1 rings (SSSR count). The summed E-state index contributed by atoms with van der Waals surface area (Å²) in [6.45, 7) is 5.29. The van der Waals surface area contributed by atoms with Crippen LogP contribution in [0.1, 0.15) is 52.4 Å². The third-order valence-electron chi connectivity index (χ3n) is 3.64. The molecule has 0 spiro atoms. The molecule has 1 fully saturated rings. The lowest BCUT2D eigenvalue weighted by Crippen LogP contribution is -2.46. The van der Waals surface area contributed by atoms with Gasteiger partial charge in [-0.2, -0.15) is 0 Å². The minimum Gasteiger partial charge on any atom is -0.396 e. The second-order valence-corrected chi connectivity index (χ2v) is 5.57. The molecule has 0 heterocycles. The quantitative estimate of drug-likeness (QED) is 0.649. The molecular weight excluding hydrogens is 202 g/mol. The van der Waals surface area contributed by atoms with E-state index in [1.54, 1.807) is 0 Å². The topological polar surface area (TPSA) is 52.5 Å². The fourth-order valence-electron chi connectivity index (χ4n) is 2.66. The van der Waals surface area contributed by atoms with E-state index < -0.39 is 5.60 Å². The van der Waals surface area contributed by atoms with Crippen LogP contribution in [0.4, 0.5) is 0 Å². The summed E-state index contributed by atoms with van der Waals surface area (Å²) in [5.74, 6) is 0.647. The van der Waals surface area contributed by atoms with Gasteiger partial charge in [-0.3, -0.25) is 0 Å². The zero-order chi connectivity index (χ0) is 12.0. The SMILES string of the molecule is CC1CCCC(O)(CNC(C)CCCO)C1. The van der Waals surface area contributed by atoms with E-state index in [1.807, 2.05) is 0 Å². The predicted octanol–water partition coefficient (Wildman–Crippen LogP) is 1.68. The number of rotatable bonds is 6. The van der Waals surface area contributed by atoms with E-state index in [1.165, 1.54) is 6.42 Å². The Balaban J connectivity index is 2.24. The van der Waals surface area contributed by atoms with Crippen molar-refractivity contribution in [1.82, 2.24) is 5.32 Å². The van der Waals surface area contributed by atoms with Crippen molar-refractivity contribution in [2.75, 3.05) is 13.2 Å². The highest BCUT2D eigenvalue weighted by atomic mass is 16.3. The Hall–Kier alpha value is -0.120. The molecule has 0 bridgehead atoms. The van der Waals surface area contributed by atoms with Gasteiger partial charge in [-0.1, -0.05) is 19.8 Å². The Morgan fingerprint density at radius 3 is 2.88 bits per heavy atom. The first-order valence-corrected chi connectivity index (χ1v) is 6.62. The lowest BCUT2D eigenvalue weighted by Gasteiger charge is -2.36. The van der Waals surface area contributed by atoms with Crippen LogP contribution in [-0.2, 0) is 0 Å². The largest absolute Gasteiger partial charge is 0.396 e. The van der Waals surface area contributed by atoms with Gasteiger partial charge in [0.25, 0.3) is 0 Å². The van der Waals surface area contributed by atoms with Crippen molar-refractivity contribution in [3.05, 3.63) is 0 Å². The number of hydrogen-bond donors (Lipinski definition) is 3. The lowest BCUT2D eigenvalue weighted by atomic mass is 9.79. The van der Waals surface area contributed by atoms with Crippen LogP contribution in [0.15, 0.2) is 0 Å². The van der Waals surface area contributed by atoms with E-state index in [9.17, 15) is 5.11 Å². The molecule has 96 valence electrons. The van der Waals surface area contributed by atoms with Crippen molar-refractivity contribution in [2.24, 2.45) is 5.92 Å². The molecule has 1 aliphatic carbocycles. The average molecular weight is 229 g/mol. The predicted molar refractivity (Wildman–Crippen MR) is 66.4 cm³/mol. The van der Waals surface area contributed by atoms with Gasteiger partial charge < -0.3 is 15.5 Å². The van der Waals surface area contributed by atoms with E-state index in [0.29, 0.717) is 18.5 Å². The van der Waals surface area contributed by atoms with Crippen LogP contribution in [0.5, 0.6) is 0 Å². The first-order valence-electron chi connectivity index (χ1n) is 6.62. The van der Waals surface area contributed by atoms with Gasteiger partial charge in [0, 0.05) is 19.2 Å².